The van der Waals surface area contributed by atoms with Crippen LogP contribution in [0.1, 0.15) is 32.6 Å². The maximum atomic E-state index is 10.6. The summed E-state index contributed by atoms with van der Waals surface area (Å²) in [7, 11) is 0. The van der Waals surface area contributed by atoms with Crippen LogP contribution in [-0.2, 0) is 4.79 Å². The van der Waals surface area contributed by atoms with Crippen molar-refractivity contribution in [3.63, 3.8) is 0 Å². The second-order valence-corrected chi connectivity index (χ2v) is 6.70. The van der Waals surface area contributed by atoms with E-state index in [9.17, 15) is 13.2 Å². The minimum Gasteiger partial charge on any atom is -0.490 e. The van der Waals surface area contributed by atoms with Crippen molar-refractivity contribution in [3.05, 3.63) is 36.7 Å². The monoisotopic (exact) mass is 398 g/mol. The number of piperidine rings is 1. The second kappa shape index (κ2) is 10.3. The average Bonchev–Trinajstić information content (AvgIpc) is 2.67. The van der Waals surface area contributed by atoms with Crippen LogP contribution in [0.2, 0.25) is 0 Å². The summed E-state index contributed by atoms with van der Waals surface area (Å²) in [5.74, 6) is -1.77. The van der Waals surface area contributed by atoms with E-state index in [0.717, 1.165) is 18.6 Å². The molecule has 5 nitrogen and oxygen atoms in total. The molecule has 2 aromatic rings. The third-order valence-electron chi connectivity index (χ3n) is 4.52. The van der Waals surface area contributed by atoms with E-state index in [1.54, 1.807) is 0 Å². The number of ether oxygens (including phenoxy) is 1. The number of carboxylic acid groups (broad SMARTS) is 1. The highest BCUT2D eigenvalue weighted by atomic mass is 19.4. The van der Waals surface area contributed by atoms with Crippen molar-refractivity contribution < 1.29 is 27.8 Å². The quantitative estimate of drug-likeness (QED) is 0.803. The molecule has 1 saturated heterocycles. The molecule has 2 heterocycles. The van der Waals surface area contributed by atoms with Crippen LogP contribution in [0, 0.1) is 0 Å². The Hall–Kier alpha value is -2.35. The number of pyridine rings is 1. The topological polar surface area (TPSA) is 62.7 Å². The van der Waals surface area contributed by atoms with E-state index >= 15 is 0 Å². The molecular weight excluding hydrogens is 373 g/mol. The molecule has 28 heavy (non-hydrogen) atoms. The van der Waals surface area contributed by atoms with Crippen LogP contribution in [0.25, 0.3) is 10.8 Å². The van der Waals surface area contributed by atoms with Crippen molar-refractivity contribution in [2.75, 3.05) is 19.6 Å². The van der Waals surface area contributed by atoms with E-state index in [-0.39, 0.29) is 0 Å². The van der Waals surface area contributed by atoms with Crippen LogP contribution in [-0.4, -0.2) is 52.9 Å². The highest BCUT2D eigenvalue weighted by Crippen LogP contribution is 2.23. The van der Waals surface area contributed by atoms with Crippen molar-refractivity contribution in [2.24, 2.45) is 0 Å². The summed E-state index contributed by atoms with van der Waals surface area (Å²) >= 11 is 0. The lowest BCUT2D eigenvalue weighted by molar-refractivity contribution is -0.192. The largest absolute Gasteiger partial charge is 0.490 e. The zero-order valence-electron chi connectivity index (χ0n) is 15.8. The van der Waals surface area contributed by atoms with Gasteiger partial charge in [-0.2, -0.15) is 13.2 Å². The van der Waals surface area contributed by atoms with E-state index in [1.807, 2.05) is 18.5 Å². The minimum atomic E-state index is -5.08. The number of halogens is 3. The van der Waals surface area contributed by atoms with Crippen molar-refractivity contribution in [1.29, 1.82) is 0 Å². The van der Waals surface area contributed by atoms with Gasteiger partial charge in [0.2, 0.25) is 0 Å². The number of carbonyl (C=O) groups is 1. The number of aromatic nitrogens is 1. The van der Waals surface area contributed by atoms with E-state index in [4.69, 9.17) is 14.6 Å². The van der Waals surface area contributed by atoms with Crippen molar-refractivity contribution in [2.45, 2.75) is 44.9 Å². The molecule has 0 spiro atoms. The molecule has 3 rings (SSSR count). The van der Waals surface area contributed by atoms with Gasteiger partial charge in [0.1, 0.15) is 11.9 Å². The van der Waals surface area contributed by atoms with Gasteiger partial charge >= 0.3 is 12.1 Å². The SMILES string of the molecule is CCCCN1CCC(Oc2ccc3cnccc3c2)CC1.O=C(O)C(F)(F)F. The molecule has 0 bridgehead atoms. The predicted molar refractivity (Wildman–Crippen MR) is 100 cm³/mol. The van der Waals surface area contributed by atoms with Crippen LogP contribution in [0.3, 0.4) is 0 Å². The molecule has 1 aromatic carbocycles. The number of unbranched alkanes of at least 4 members (excludes halogenated alkanes) is 1. The van der Waals surface area contributed by atoms with Crippen LogP contribution in [0.5, 0.6) is 5.75 Å². The first-order valence-electron chi connectivity index (χ1n) is 9.32. The first-order chi connectivity index (χ1) is 13.3. The van der Waals surface area contributed by atoms with Crippen molar-refractivity contribution >= 4 is 16.7 Å². The first kappa shape index (κ1) is 21.9. The lowest BCUT2D eigenvalue weighted by Crippen LogP contribution is -2.38. The fourth-order valence-electron chi connectivity index (χ4n) is 2.96. The number of rotatable bonds is 5. The van der Waals surface area contributed by atoms with Gasteiger partial charge in [0.15, 0.2) is 0 Å². The molecule has 0 saturated carbocycles. The third-order valence-corrected chi connectivity index (χ3v) is 4.52. The Balaban J connectivity index is 0.000000345. The first-order valence-corrected chi connectivity index (χ1v) is 9.32. The minimum absolute atomic E-state index is 0.363. The average molecular weight is 398 g/mol. The highest BCUT2D eigenvalue weighted by Gasteiger charge is 2.38. The Morgan fingerprint density at radius 3 is 2.54 bits per heavy atom. The molecule has 0 aliphatic carbocycles. The Bertz CT molecular complexity index is 760. The predicted octanol–water partition coefficient (Wildman–Crippen LogP) is 4.51. The lowest BCUT2D eigenvalue weighted by Gasteiger charge is -2.32. The molecular formula is C20H25F3N2O3. The molecule has 1 aliphatic rings. The number of likely N-dealkylation sites (tertiary alicyclic amines) is 1. The molecule has 1 aliphatic heterocycles. The molecule has 1 fully saturated rings. The smallest absolute Gasteiger partial charge is 0.490 e. The summed E-state index contributed by atoms with van der Waals surface area (Å²) in [6.07, 6.45) is 3.87. The lowest BCUT2D eigenvalue weighted by atomic mass is 10.1. The Morgan fingerprint density at radius 1 is 1.25 bits per heavy atom. The number of alkyl halides is 3. The zero-order valence-corrected chi connectivity index (χ0v) is 15.8. The molecule has 0 radical (unpaired) electrons. The van der Waals surface area contributed by atoms with Gasteiger partial charge in [-0.1, -0.05) is 13.3 Å². The Kier molecular flexibility index (Phi) is 8.04. The molecule has 1 N–H and O–H groups in total. The number of carboxylic acids is 1. The fourth-order valence-corrected chi connectivity index (χ4v) is 2.96. The zero-order chi connectivity index (χ0) is 20.6. The number of hydrogen-bond donors (Lipinski definition) is 1. The van der Waals surface area contributed by atoms with E-state index < -0.39 is 12.1 Å². The van der Waals surface area contributed by atoms with E-state index in [1.165, 1.54) is 43.2 Å². The van der Waals surface area contributed by atoms with Crippen molar-refractivity contribution in [1.82, 2.24) is 9.88 Å². The van der Waals surface area contributed by atoms with Gasteiger partial charge in [-0.15, -0.1) is 0 Å². The molecule has 8 heteroatoms. The van der Waals surface area contributed by atoms with Gasteiger partial charge in [-0.25, -0.2) is 4.79 Å². The van der Waals surface area contributed by atoms with Gasteiger partial charge in [-0.05, 0) is 55.5 Å². The second-order valence-electron chi connectivity index (χ2n) is 6.70. The number of hydrogen-bond acceptors (Lipinski definition) is 4. The van der Waals surface area contributed by atoms with Gasteiger partial charge in [0, 0.05) is 30.9 Å². The summed E-state index contributed by atoms with van der Waals surface area (Å²) in [6.45, 7) is 5.83. The van der Waals surface area contributed by atoms with Crippen LogP contribution in [0.15, 0.2) is 36.7 Å². The molecule has 154 valence electrons. The highest BCUT2D eigenvalue weighted by molar-refractivity contribution is 5.82. The van der Waals surface area contributed by atoms with Gasteiger partial charge in [0.05, 0.1) is 0 Å². The Morgan fingerprint density at radius 2 is 1.93 bits per heavy atom. The molecule has 0 unspecified atom stereocenters. The maximum Gasteiger partial charge on any atom is 0.490 e. The summed E-state index contributed by atoms with van der Waals surface area (Å²) in [6, 6.07) is 8.32. The number of nitrogens with zero attached hydrogens (tertiary/aromatic N) is 2. The van der Waals surface area contributed by atoms with Gasteiger partial charge in [-0.3, -0.25) is 4.98 Å². The van der Waals surface area contributed by atoms with Crippen LogP contribution < -0.4 is 4.74 Å². The third kappa shape index (κ3) is 6.99. The van der Waals surface area contributed by atoms with Crippen LogP contribution in [0.4, 0.5) is 13.2 Å². The Labute approximate surface area is 162 Å². The summed E-state index contributed by atoms with van der Waals surface area (Å²) < 4.78 is 37.9. The van der Waals surface area contributed by atoms with Gasteiger partial charge in [0.25, 0.3) is 0 Å². The standard InChI is InChI=1S/C18H24N2O.C2HF3O2/c1-2-3-10-20-11-7-17(8-12-20)21-18-5-4-16-14-19-9-6-15(16)13-18;3-2(4,5)1(6)7/h4-6,9,13-14,17H,2-3,7-8,10-12H2,1H3;(H,6,7). The van der Waals surface area contributed by atoms with Crippen LogP contribution >= 0.6 is 0 Å². The molecule has 0 amide bonds. The molecule has 0 atom stereocenters. The van der Waals surface area contributed by atoms with Crippen molar-refractivity contribution in [3.8, 4) is 5.75 Å². The maximum absolute atomic E-state index is 10.6. The summed E-state index contributed by atoms with van der Waals surface area (Å²) in [5.41, 5.74) is 0. The number of benzene rings is 1. The van der Waals surface area contributed by atoms with Gasteiger partial charge < -0.3 is 14.7 Å². The number of fused-ring (bicyclic) bond motifs is 1. The number of aliphatic carboxylic acids is 1. The molecule has 1 aromatic heterocycles. The fraction of sp³-hybridized carbons (Fsp3) is 0.500. The normalized spacial score (nSPS) is 15.7. The van der Waals surface area contributed by atoms with E-state index in [2.05, 4.69) is 35.0 Å². The summed E-state index contributed by atoms with van der Waals surface area (Å²) in [4.78, 5) is 15.6. The summed E-state index contributed by atoms with van der Waals surface area (Å²) in [5, 5.41) is 9.49. The van der Waals surface area contributed by atoms with E-state index in [0.29, 0.717) is 6.10 Å².